The van der Waals surface area contributed by atoms with Crippen LogP contribution in [-0.2, 0) is 0 Å². The highest BCUT2D eigenvalue weighted by molar-refractivity contribution is 5.64. The molecule has 0 aliphatic heterocycles. The first-order valence-corrected chi connectivity index (χ1v) is 13.2. The van der Waals surface area contributed by atoms with E-state index in [-0.39, 0.29) is 0 Å². The normalized spacial score (nSPS) is 11.0. The highest BCUT2D eigenvalue weighted by Crippen LogP contribution is 2.23. The van der Waals surface area contributed by atoms with Crippen molar-refractivity contribution in [3.63, 3.8) is 0 Å². The molecule has 2 aromatic carbocycles. The summed E-state index contributed by atoms with van der Waals surface area (Å²) in [5, 5.41) is 8.91. The van der Waals surface area contributed by atoms with Gasteiger partial charge in [0.15, 0.2) is 0 Å². The van der Waals surface area contributed by atoms with E-state index in [1.807, 2.05) is 36.4 Å². The van der Waals surface area contributed by atoms with E-state index in [2.05, 4.69) is 37.3 Å². The van der Waals surface area contributed by atoms with Gasteiger partial charge in [-0.1, -0.05) is 101 Å². The van der Waals surface area contributed by atoms with E-state index >= 15 is 0 Å². The Bertz CT molecular complexity index is 798. The second-order valence-electron chi connectivity index (χ2n) is 9.00. The van der Waals surface area contributed by atoms with Crippen LogP contribution in [0.4, 0.5) is 0 Å². The average molecular weight is 446 g/mol. The fourth-order valence-electron chi connectivity index (χ4n) is 4.02. The van der Waals surface area contributed by atoms with Crippen LogP contribution in [0.25, 0.3) is 11.1 Å². The fraction of sp³-hybridized carbons (Fsp3) is 0.516. The number of nitriles is 1. The van der Waals surface area contributed by atoms with Gasteiger partial charge in [-0.15, -0.1) is 0 Å². The van der Waals surface area contributed by atoms with E-state index in [4.69, 9.17) is 10.00 Å². The van der Waals surface area contributed by atoms with Gasteiger partial charge in [0.1, 0.15) is 5.75 Å². The smallest absolute Gasteiger partial charge is 0.119 e. The summed E-state index contributed by atoms with van der Waals surface area (Å²) in [5.41, 5.74) is 2.95. The van der Waals surface area contributed by atoms with E-state index in [0.717, 1.165) is 29.9 Å². The van der Waals surface area contributed by atoms with Crippen molar-refractivity contribution in [3.8, 4) is 22.9 Å². The molecule has 2 heteroatoms. The zero-order chi connectivity index (χ0) is 23.4. The molecular weight excluding hydrogens is 402 g/mol. The SMILES string of the molecule is CCCCCCCC/C=C/CCCCCCCCOc1ccc(-c2ccc(C#N)cc2)cc1. The Morgan fingerprint density at radius 2 is 1.12 bits per heavy atom. The van der Waals surface area contributed by atoms with Gasteiger partial charge in [0.2, 0.25) is 0 Å². The van der Waals surface area contributed by atoms with E-state index < -0.39 is 0 Å². The summed E-state index contributed by atoms with van der Waals surface area (Å²) in [4.78, 5) is 0. The molecule has 0 amide bonds. The van der Waals surface area contributed by atoms with Crippen LogP contribution < -0.4 is 4.74 Å². The minimum atomic E-state index is 0.689. The molecule has 178 valence electrons. The van der Waals surface area contributed by atoms with E-state index in [1.54, 1.807) is 0 Å². The van der Waals surface area contributed by atoms with Gasteiger partial charge in [-0.25, -0.2) is 0 Å². The Kier molecular flexibility index (Phi) is 14.5. The van der Waals surface area contributed by atoms with Crippen molar-refractivity contribution in [2.24, 2.45) is 0 Å². The summed E-state index contributed by atoms with van der Waals surface area (Å²) in [7, 11) is 0. The van der Waals surface area contributed by atoms with Gasteiger partial charge in [-0.05, 0) is 67.5 Å². The summed E-state index contributed by atoms with van der Waals surface area (Å²) in [5.74, 6) is 0.931. The Balaban J connectivity index is 1.42. The number of hydrogen-bond donors (Lipinski definition) is 0. The van der Waals surface area contributed by atoms with Gasteiger partial charge in [-0.3, -0.25) is 0 Å². The summed E-state index contributed by atoms with van der Waals surface area (Å²) in [6, 6.07) is 18.1. The van der Waals surface area contributed by atoms with Crippen molar-refractivity contribution in [2.75, 3.05) is 6.61 Å². The minimum Gasteiger partial charge on any atom is -0.494 e. The molecule has 0 aliphatic rings. The Labute approximate surface area is 202 Å². The van der Waals surface area contributed by atoms with Gasteiger partial charge in [0.25, 0.3) is 0 Å². The lowest BCUT2D eigenvalue weighted by atomic mass is 10.0. The Morgan fingerprint density at radius 3 is 1.67 bits per heavy atom. The molecule has 0 unspecified atom stereocenters. The molecule has 0 radical (unpaired) electrons. The topological polar surface area (TPSA) is 33.0 Å². The zero-order valence-corrected chi connectivity index (χ0v) is 20.7. The quantitative estimate of drug-likeness (QED) is 0.169. The summed E-state index contributed by atoms with van der Waals surface area (Å²) < 4.78 is 5.90. The molecule has 2 nitrogen and oxygen atoms in total. The molecule has 0 saturated heterocycles. The van der Waals surface area contributed by atoms with Crippen LogP contribution in [0.2, 0.25) is 0 Å². The molecule has 33 heavy (non-hydrogen) atoms. The standard InChI is InChI=1S/C31H43NO/c1-2-3-4-5-6-7-8-9-10-11-12-13-14-15-16-17-26-33-31-24-22-30(23-25-31)29-20-18-28(27-32)19-21-29/h9-10,18-25H,2-8,11-17,26H2,1H3/b10-9+. The van der Waals surface area contributed by atoms with Gasteiger partial charge < -0.3 is 4.74 Å². The largest absolute Gasteiger partial charge is 0.494 e. The fourth-order valence-corrected chi connectivity index (χ4v) is 4.02. The Morgan fingerprint density at radius 1 is 0.636 bits per heavy atom. The molecule has 0 heterocycles. The molecular formula is C31H43NO. The third-order valence-corrected chi connectivity index (χ3v) is 6.13. The first kappa shape index (κ1) is 26.7. The van der Waals surface area contributed by atoms with Crippen molar-refractivity contribution < 1.29 is 4.74 Å². The van der Waals surface area contributed by atoms with Gasteiger partial charge >= 0.3 is 0 Å². The number of rotatable bonds is 18. The van der Waals surface area contributed by atoms with Crippen LogP contribution in [-0.4, -0.2) is 6.61 Å². The lowest BCUT2D eigenvalue weighted by molar-refractivity contribution is 0.304. The molecule has 0 N–H and O–H groups in total. The first-order valence-electron chi connectivity index (χ1n) is 13.2. The van der Waals surface area contributed by atoms with Crippen LogP contribution in [0, 0.1) is 11.3 Å². The van der Waals surface area contributed by atoms with Crippen molar-refractivity contribution in [1.29, 1.82) is 5.26 Å². The second-order valence-corrected chi connectivity index (χ2v) is 9.00. The van der Waals surface area contributed by atoms with Crippen molar-refractivity contribution >= 4 is 0 Å². The minimum absolute atomic E-state index is 0.689. The van der Waals surface area contributed by atoms with Crippen LogP contribution in [0.15, 0.2) is 60.7 Å². The first-order chi connectivity index (χ1) is 16.3. The molecule has 0 aliphatic carbocycles. The lowest BCUT2D eigenvalue weighted by Crippen LogP contribution is -1.97. The maximum Gasteiger partial charge on any atom is 0.119 e. The van der Waals surface area contributed by atoms with E-state index in [9.17, 15) is 0 Å². The van der Waals surface area contributed by atoms with Crippen LogP contribution in [0.1, 0.15) is 102 Å². The van der Waals surface area contributed by atoms with Gasteiger partial charge in [-0.2, -0.15) is 5.26 Å². The maximum absolute atomic E-state index is 8.91. The molecule has 0 aromatic heterocycles. The predicted octanol–water partition coefficient (Wildman–Crippen LogP) is 9.64. The van der Waals surface area contributed by atoms with Crippen LogP contribution in [0.5, 0.6) is 5.75 Å². The van der Waals surface area contributed by atoms with Crippen molar-refractivity contribution in [1.82, 2.24) is 0 Å². The van der Waals surface area contributed by atoms with Crippen molar-refractivity contribution in [3.05, 3.63) is 66.2 Å². The average Bonchev–Trinajstić information content (AvgIpc) is 2.86. The third-order valence-electron chi connectivity index (χ3n) is 6.13. The number of benzene rings is 2. The molecule has 0 spiro atoms. The molecule has 0 saturated carbocycles. The molecule has 2 rings (SSSR count). The number of allylic oxidation sites excluding steroid dienone is 2. The molecule has 2 aromatic rings. The maximum atomic E-state index is 8.91. The number of nitrogens with zero attached hydrogens (tertiary/aromatic N) is 1. The van der Waals surface area contributed by atoms with Crippen LogP contribution >= 0.6 is 0 Å². The lowest BCUT2D eigenvalue weighted by Gasteiger charge is -2.08. The van der Waals surface area contributed by atoms with E-state index in [1.165, 1.54) is 83.5 Å². The number of unbranched alkanes of at least 4 members (excludes halogenated alkanes) is 12. The monoisotopic (exact) mass is 445 g/mol. The summed E-state index contributed by atoms with van der Waals surface area (Å²) >= 11 is 0. The summed E-state index contributed by atoms with van der Waals surface area (Å²) in [6.45, 7) is 3.07. The number of ether oxygens (including phenoxy) is 1. The highest BCUT2D eigenvalue weighted by Gasteiger charge is 2.00. The van der Waals surface area contributed by atoms with Crippen molar-refractivity contribution in [2.45, 2.75) is 96.8 Å². The zero-order valence-electron chi connectivity index (χ0n) is 20.7. The van der Waals surface area contributed by atoms with Crippen LogP contribution in [0.3, 0.4) is 0 Å². The Hall–Kier alpha value is -2.53. The molecule has 0 bridgehead atoms. The predicted molar refractivity (Wildman–Crippen MR) is 142 cm³/mol. The summed E-state index contributed by atoms with van der Waals surface area (Å²) in [6.07, 6.45) is 23.3. The molecule has 0 atom stereocenters. The van der Waals surface area contributed by atoms with Gasteiger partial charge in [0, 0.05) is 0 Å². The van der Waals surface area contributed by atoms with E-state index in [0.29, 0.717) is 5.56 Å². The third kappa shape index (κ3) is 12.3. The molecule has 0 fully saturated rings. The highest BCUT2D eigenvalue weighted by atomic mass is 16.5. The number of hydrogen-bond acceptors (Lipinski definition) is 2. The second kappa shape index (κ2) is 18.0. The van der Waals surface area contributed by atoms with Gasteiger partial charge in [0.05, 0.1) is 18.2 Å².